The van der Waals surface area contributed by atoms with Crippen molar-refractivity contribution in [1.82, 2.24) is 14.8 Å². The molecule has 0 atom stereocenters. The number of rotatable bonds is 5. The SMILES string of the molecule is Cc1ccccc1-n1cnnc1SCC(=O)Nc1cccc(Cl)c1C. The summed E-state index contributed by atoms with van der Waals surface area (Å²) in [5.41, 5.74) is 3.69. The van der Waals surface area contributed by atoms with Gasteiger partial charge in [-0.05, 0) is 43.2 Å². The molecule has 1 N–H and O–H groups in total. The zero-order valence-corrected chi connectivity index (χ0v) is 15.4. The number of benzene rings is 2. The first-order valence-electron chi connectivity index (χ1n) is 7.70. The fourth-order valence-electron chi connectivity index (χ4n) is 2.38. The molecular weight excluding hydrogens is 356 g/mol. The fraction of sp³-hybridized carbons (Fsp3) is 0.167. The Morgan fingerprint density at radius 3 is 2.80 bits per heavy atom. The molecule has 0 bridgehead atoms. The van der Waals surface area contributed by atoms with Gasteiger partial charge in [-0.25, -0.2) is 0 Å². The Hall–Kier alpha value is -2.31. The molecule has 1 heterocycles. The summed E-state index contributed by atoms with van der Waals surface area (Å²) in [6.45, 7) is 3.90. The van der Waals surface area contributed by atoms with Gasteiger partial charge in [-0.3, -0.25) is 9.36 Å². The molecule has 25 heavy (non-hydrogen) atoms. The number of anilines is 1. The maximum Gasteiger partial charge on any atom is 0.234 e. The molecule has 2 aromatic carbocycles. The van der Waals surface area contributed by atoms with E-state index in [1.165, 1.54) is 11.8 Å². The minimum Gasteiger partial charge on any atom is -0.325 e. The number of nitrogens with one attached hydrogen (secondary N) is 1. The van der Waals surface area contributed by atoms with E-state index in [1.807, 2.05) is 54.8 Å². The first-order chi connectivity index (χ1) is 12.1. The van der Waals surface area contributed by atoms with E-state index in [0.29, 0.717) is 10.2 Å². The second kappa shape index (κ2) is 7.72. The summed E-state index contributed by atoms with van der Waals surface area (Å²) >= 11 is 7.42. The predicted octanol–water partition coefficient (Wildman–Crippen LogP) is 4.27. The highest BCUT2D eigenvalue weighted by molar-refractivity contribution is 7.99. The summed E-state index contributed by atoms with van der Waals surface area (Å²) in [5.74, 6) is 0.117. The largest absolute Gasteiger partial charge is 0.325 e. The quantitative estimate of drug-likeness (QED) is 0.679. The maximum atomic E-state index is 12.3. The molecule has 3 aromatic rings. The summed E-state index contributed by atoms with van der Waals surface area (Å²) < 4.78 is 1.89. The number of carbonyl (C=O) groups excluding carboxylic acids is 1. The molecule has 0 aliphatic rings. The lowest BCUT2D eigenvalue weighted by atomic mass is 10.2. The van der Waals surface area contributed by atoms with Crippen LogP contribution in [0.4, 0.5) is 5.69 Å². The van der Waals surface area contributed by atoms with Crippen molar-refractivity contribution in [3.63, 3.8) is 0 Å². The van der Waals surface area contributed by atoms with Gasteiger partial charge in [0, 0.05) is 10.7 Å². The van der Waals surface area contributed by atoms with Gasteiger partial charge in [0.2, 0.25) is 5.91 Å². The molecular formula is C18H17ClN4OS. The maximum absolute atomic E-state index is 12.3. The third kappa shape index (κ3) is 4.03. The average molecular weight is 373 g/mol. The van der Waals surface area contributed by atoms with Crippen LogP contribution in [0.3, 0.4) is 0 Å². The van der Waals surface area contributed by atoms with E-state index in [4.69, 9.17) is 11.6 Å². The van der Waals surface area contributed by atoms with Gasteiger partial charge in [-0.1, -0.05) is 47.6 Å². The molecule has 1 amide bonds. The van der Waals surface area contributed by atoms with Crippen molar-refractivity contribution in [2.45, 2.75) is 19.0 Å². The third-order valence-electron chi connectivity index (χ3n) is 3.77. The fourth-order valence-corrected chi connectivity index (χ4v) is 3.28. The number of carbonyl (C=O) groups is 1. The number of para-hydroxylation sites is 1. The van der Waals surface area contributed by atoms with Crippen LogP contribution in [0.25, 0.3) is 5.69 Å². The Kier molecular flexibility index (Phi) is 5.40. The zero-order valence-electron chi connectivity index (χ0n) is 13.9. The Balaban J connectivity index is 1.69. The van der Waals surface area contributed by atoms with Gasteiger partial charge in [-0.2, -0.15) is 0 Å². The van der Waals surface area contributed by atoms with Gasteiger partial charge in [0.05, 0.1) is 11.4 Å². The van der Waals surface area contributed by atoms with Crippen molar-refractivity contribution in [2.75, 3.05) is 11.1 Å². The minimum atomic E-state index is -0.116. The Morgan fingerprint density at radius 2 is 2.00 bits per heavy atom. The number of nitrogens with zero attached hydrogens (tertiary/aromatic N) is 3. The van der Waals surface area contributed by atoms with Gasteiger partial charge in [-0.15, -0.1) is 10.2 Å². The van der Waals surface area contributed by atoms with Crippen LogP contribution in [-0.2, 0) is 4.79 Å². The molecule has 0 radical (unpaired) electrons. The number of thioether (sulfide) groups is 1. The topological polar surface area (TPSA) is 59.8 Å². The molecule has 128 valence electrons. The molecule has 0 saturated heterocycles. The third-order valence-corrected chi connectivity index (χ3v) is 5.12. The van der Waals surface area contributed by atoms with Gasteiger partial charge in [0.25, 0.3) is 0 Å². The molecule has 0 aliphatic heterocycles. The summed E-state index contributed by atoms with van der Waals surface area (Å²) in [4.78, 5) is 12.3. The first-order valence-corrected chi connectivity index (χ1v) is 9.06. The number of aromatic nitrogens is 3. The first kappa shape index (κ1) is 17.5. The van der Waals surface area contributed by atoms with E-state index in [2.05, 4.69) is 15.5 Å². The number of aryl methyl sites for hydroxylation is 1. The van der Waals surface area contributed by atoms with Gasteiger partial charge in [0.15, 0.2) is 5.16 Å². The minimum absolute atomic E-state index is 0.116. The molecule has 7 heteroatoms. The van der Waals surface area contributed by atoms with E-state index in [1.54, 1.807) is 12.4 Å². The highest BCUT2D eigenvalue weighted by Crippen LogP contribution is 2.24. The van der Waals surface area contributed by atoms with Crippen LogP contribution < -0.4 is 5.32 Å². The van der Waals surface area contributed by atoms with Crippen molar-refractivity contribution < 1.29 is 4.79 Å². The van der Waals surface area contributed by atoms with Crippen LogP contribution in [0.1, 0.15) is 11.1 Å². The Bertz CT molecular complexity index is 910. The Labute approximate surface area is 155 Å². The van der Waals surface area contributed by atoms with Crippen LogP contribution >= 0.6 is 23.4 Å². The Morgan fingerprint density at radius 1 is 1.20 bits per heavy atom. The molecule has 5 nitrogen and oxygen atoms in total. The molecule has 0 aliphatic carbocycles. The molecule has 0 spiro atoms. The lowest BCUT2D eigenvalue weighted by molar-refractivity contribution is -0.113. The van der Waals surface area contributed by atoms with Gasteiger partial charge < -0.3 is 5.32 Å². The highest BCUT2D eigenvalue weighted by Gasteiger charge is 2.12. The van der Waals surface area contributed by atoms with Crippen LogP contribution in [0.15, 0.2) is 53.9 Å². The van der Waals surface area contributed by atoms with Gasteiger partial charge in [0.1, 0.15) is 6.33 Å². The van der Waals surface area contributed by atoms with Crippen molar-refractivity contribution >= 4 is 35.0 Å². The molecule has 0 fully saturated rings. The lowest BCUT2D eigenvalue weighted by Crippen LogP contribution is -2.15. The molecule has 3 rings (SSSR count). The number of hydrogen-bond acceptors (Lipinski definition) is 4. The van der Waals surface area contributed by atoms with Crippen molar-refractivity contribution in [2.24, 2.45) is 0 Å². The van der Waals surface area contributed by atoms with Crippen LogP contribution in [0, 0.1) is 13.8 Å². The van der Waals surface area contributed by atoms with Crippen LogP contribution in [0.5, 0.6) is 0 Å². The van der Waals surface area contributed by atoms with E-state index < -0.39 is 0 Å². The second-order valence-corrected chi connectivity index (χ2v) is 6.87. The summed E-state index contributed by atoms with van der Waals surface area (Å²) in [6.07, 6.45) is 1.66. The second-order valence-electron chi connectivity index (χ2n) is 5.52. The summed E-state index contributed by atoms with van der Waals surface area (Å²) in [5, 5.41) is 12.3. The van der Waals surface area contributed by atoms with E-state index in [-0.39, 0.29) is 11.7 Å². The smallest absolute Gasteiger partial charge is 0.234 e. The van der Waals surface area contributed by atoms with E-state index in [0.717, 1.165) is 22.5 Å². The number of halogens is 1. The van der Waals surface area contributed by atoms with Crippen molar-refractivity contribution in [1.29, 1.82) is 0 Å². The van der Waals surface area contributed by atoms with Crippen LogP contribution in [0.2, 0.25) is 5.02 Å². The van der Waals surface area contributed by atoms with Gasteiger partial charge >= 0.3 is 0 Å². The lowest BCUT2D eigenvalue weighted by Gasteiger charge is -2.10. The number of hydrogen-bond donors (Lipinski definition) is 1. The normalized spacial score (nSPS) is 10.7. The predicted molar refractivity (Wildman–Crippen MR) is 102 cm³/mol. The molecule has 0 unspecified atom stereocenters. The standard InChI is InChI=1S/C18H17ClN4OS/c1-12-6-3-4-9-16(12)23-11-20-22-18(23)25-10-17(24)21-15-8-5-7-14(19)13(15)2/h3-9,11H,10H2,1-2H3,(H,21,24). The van der Waals surface area contributed by atoms with Crippen molar-refractivity contribution in [3.05, 3.63) is 64.9 Å². The van der Waals surface area contributed by atoms with E-state index >= 15 is 0 Å². The zero-order chi connectivity index (χ0) is 17.8. The van der Waals surface area contributed by atoms with E-state index in [9.17, 15) is 4.79 Å². The molecule has 0 saturated carbocycles. The number of amides is 1. The monoisotopic (exact) mass is 372 g/mol. The summed E-state index contributed by atoms with van der Waals surface area (Å²) in [6, 6.07) is 13.4. The summed E-state index contributed by atoms with van der Waals surface area (Å²) in [7, 11) is 0. The average Bonchev–Trinajstić information content (AvgIpc) is 3.06. The van der Waals surface area contributed by atoms with Crippen molar-refractivity contribution in [3.8, 4) is 5.69 Å². The highest BCUT2D eigenvalue weighted by atomic mass is 35.5. The van der Waals surface area contributed by atoms with Crippen LogP contribution in [-0.4, -0.2) is 26.4 Å². The molecule has 1 aromatic heterocycles.